The fourth-order valence-corrected chi connectivity index (χ4v) is 1.97. The molecule has 0 bridgehead atoms. The summed E-state index contributed by atoms with van der Waals surface area (Å²) in [7, 11) is 0. The van der Waals surface area contributed by atoms with E-state index in [2.05, 4.69) is 25.7 Å². The van der Waals surface area contributed by atoms with Crippen molar-refractivity contribution < 1.29 is 0 Å². The van der Waals surface area contributed by atoms with Crippen molar-refractivity contribution in [3.8, 4) is 0 Å². The van der Waals surface area contributed by atoms with Crippen molar-refractivity contribution in [2.24, 2.45) is 11.1 Å². The molecular weight excluding hydrogens is 192 g/mol. The van der Waals surface area contributed by atoms with Gasteiger partial charge in [-0.2, -0.15) is 0 Å². The van der Waals surface area contributed by atoms with Gasteiger partial charge in [-0.25, -0.2) is 0 Å². The van der Waals surface area contributed by atoms with Crippen molar-refractivity contribution in [1.82, 2.24) is 4.90 Å². The van der Waals surface area contributed by atoms with Crippen LogP contribution in [0.3, 0.4) is 0 Å². The number of rotatable bonds is 4. The molecule has 0 aliphatic carbocycles. The van der Waals surface area contributed by atoms with Crippen molar-refractivity contribution in [3.63, 3.8) is 0 Å². The number of hydrogen-bond donors (Lipinski definition) is 1. The van der Waals surface area contributed by atoms with Crippen LogP contribution < -0.4 is 5.73 Å². The third-order valence-corrected chi connectivity index (χ3v) is 3.93. The molecule has 0 aromatic carbocycles. The maximum absolute atomic E-state index is 5.70. The van der Waals surface area contributed by atoms with E-state index in [-0.39, 0.29) is 5.41 Å². The minimum atomic E-state index is 0.0116. The van der Waals surface area contributed by atoms with Gasteiger partial charge >= 0.3 is 0 Å². The molecule has 1 unspecified atom stereocenters. The Bertz CT molecular complexity index is 213. The van der Waals surface area contributed by atoms with Gasteiger partial charge in [0, 0.05) is 11.5 Å². The maximum atomic E-state index is 5.70. The molecule has 0 radical (unpaired) electrons. The Kier molecular flexibility index (Phi) is 3.90. The smallest absolute Gasteiger partial charge is 0.0784 e. The zero-order chi connectivity index (χ0) is 10.8. The van der Waals surface area contributed by atoms with Crippen molar-refractivity contribution >= 4 is 17.2 Å². The largest absolute Gasteiger partial charge is 0.393 e. The molecule has 14 heavy (non-hydrogen) atoms. The fraction of sp³-hybridized carbons (Fsp3) is 0.909. The quantitative estimate of drug-likeness (QED) is 0.727. The lowest BCUT2D eigenvalue weighted by Gasteiger charge is -2.28. The first-order chi connectivity index (χ1) is 6.43. The Hall–Kier alpha value is -0.150. The molecule has 0 amide bonds. The first kappa shape index (κ1) is 11.9. The molecule has 0 spiro atoms. The molecule has 1 aliphatic rings. The minimum absolute atomic E-state index is 0.0116. The Labute approximate surface area is 92.8 Å². The molecule has 2 nitrogen and oxygen atoms in total. The SMILES string of the molecule is CC1CCCN1CCC(C)(C)C(N)=S. The number of likely N-dealkylation sites (tertiary alicyclic amines) is 1. The third kappa shape index (κ3) is 2.92. The van der Waals surface area contributed by atoms with Crippen LogP contribution in [0, 0.1) is 5.41 Å². The molecule has 3 heteroatoms. The van der Waals surface area contributed by atoms with E-state index in [1.54, 1.807) is 0 Å². The van der Waals surface area contributed by atoms with E-state index >= 15 is 0 Å². The molecular formula is C11H22N2S. The second kappa shape index (κ2) is 4.58. The molecule has 0 saturated carbocycles. The highest BCUT2D eigenvalue weighted by atomic mass is 32.1. The predicted molar refractivity (Wildman–Crippen MR) is 65.5 cm³/mol. The van der Waals surface area contributed by atoms with Gasteiger partial charge in [-0.3, -0.25) is 0 Å². The van der Waals surface area contributed by atoms with Gasteiger partial charge in [0.25, 0.3) is 0 Å². The lowest BCUT2D eigenvalue weighted by atomic mass is 9.89. The van der Waals surface area contributed by atoms with Crippen LogP contribution in [0.2, 0.25) is 0 Å². The molecule has 2 N–H and O–H groups in total. The molecule has 1 heterocycles. The van der Waals surface area contributed by atoms with Crippen molar-refractivity contribution in [2.75, 3.05) is 13.1 Å². The Morgan fingerprint density at radius 1 is 1.57 bits per heavy atom. The minimum Gasteiger partial charge on any atom is -0.393 e. The standard InChI is InChI=1S/C11H22N2S/c1-9-5-4-7-13(9)8-6-11(2,3)10(12)14/h9H,4-8H2,1-3H3,(H2,12,14). The van der Waals surface area contributed by atoms with Crippen LogP contribution in [0.1, 0.15) is 40.0 Å². The average Bonchev–Trinajstić information content (AvgIpc) is 2.47. The van der Waals surface area contributed by atoms with Gasteiger partial charge < -0.3 is 10.6 Å². The summed E-state index contributed by atoms with van der Waals surface area (Å²) in [6, 6.07) is 0.747. The number of hydrogen-bond acceptors (Lipinski definition) is 2. The second-order valence-corrected chi connectivity index (χ2v) is 5.47. The van der Waals surface area contributed by atoms with Crippen molar-refractivity contribution in [2.45, 2.75) is 46.1 Å². The van der Waals surface area contributed by atoms with Crippen LogP contribution in [0.4, 0.5) is 0 Å². The monoisotopic (exact) mass is 214 g/mol. The molecule has 0 aromatic heterocycles. The van der Waals surface area contributed by atoms with Crippen LogP contribution in [-0.4, -0.2) is 29.0 Å². The number of nitrogens with zero attached hydrogens (tertiary/aromatic N) is 1. The molecule has 0 aromatic rings. The van der Waals surface area contributed by atoms with Crippen LogP contribution in [0.25, 0.3) is 0 Å². The van der Waals surface area contributed by atoms with E-state index in [1.165, 1.54) is 19.4 Å². The Morgan fingerprint density at radius 3 is 2.64 bits per heavy atom. The molecule has 82 valence electrons. The normalized spacial score (nSPS) is 24.1. The summed E-state index contributed by atoms with van der Waals surface area (Å²) < 4.78 is 0. The fourth-order valence-electron chi connectivity index (χ4n) is 1.87. The van der Waals surface area contributed by atoms with Gasteiger partial charge in [-0.1, -0.05) is 26.1 Å². The average molecular weight is 214 g/mol. The van der Waals surface area contributed by atoms with Crippen molar-refractivity contribution in [1.29, 1.82) is 0 Å². The number of nitrogens with two attached hydrogens (primary N) is 1. The molecule has 1 atom stereocenters. The molecule has 1 saturated heterocycles. The van der Waals surface area contributed by atoms with Gasteiger partial charge in [0.05, 0.1) is 4.99 Å². The summed E-state index contributed by atoms with van der Waals surface area (Å²) in [4.78, 5) is 3.18. The van der Waals surface area contributed by atoms with E-state index in [4.69, 9.17) is 18.0 Å². The summed E-state index contributed by atoms with van der Waals surface area (Å²) >= 11 is 5.06. The first-order valence-corrected chi connectivity index (χ1v) is 5.88. The summed E-state index contributed by atoms with van der Waals surface area (Å²) in [6.45, 7) is 8.95. The van der Waals surface area contributed by atoms with E-state index in [0.29, 0.717) is 4.99 Å². The van der Waals surface area contributed by atoms with Crippen LogP contribution in [-0.2, 0) is 0 Å². The lowest BCUT2D eigenvalue weighted by Crippen LogP contribution is -2.36. The van der Waals surface area contributed by atoms with Gasteiger partial charge in [0.1, 0.15) is 0 Å². The Morgan fingerprint density at radius 2 is 2.21 bits per heavy atom. The summed E-state index contributed by atoms with van der Waals surface area (Å²) in [5.41, 5.74) is 5.71. The van der Waals surface area contributed by atoms with Crippen LogP contribution in [0.15, 0.2) is 0 Å². The maximum Gasteiger partial charge on any atom is 0.0784 e. The van der Waals surface area contributed by atoms with Crippen LogP contribution >= 0.6 is 12.2 Å². The van der Waals surface area contributed by atoms with Gasteiger partial charge in [0.2, 0.25) is 0 Å². The molecule has 1 rings (SSSR count). The first-order valence-electron chi connectivity index (χ1n) is 5.47. The predicted octanol–water partition coefficient (Wildman–Crippen LogP) is 2.17. The summed E-state index contributed by atoms with van der Waals surface area (Å²) in [5.74, 6) is 0. The van der Waals surface area contributed by atoms with Crippen molar-refractivity contribution in [3.05, 3.63) is 0 Å². The summed E-state index contributed by atoms with van der Waals surface area (Å²) in [6.07, 6.45) is 3.76. The highest BCUT2D eigenvalue weighted by molar-refractivity contribution is 7.80. The third-order valence-electron chi connectivity index (χ3n) is 3.38. The summed E-state index contributed by atoms with van der Waals surface area (Å²) in [5, 5.41) is 0. The zero-order valence-corrected chi connectivity index (χ0v) is 10.4. The number of thiocarbonyl (C=S) groups is 1. The highest BCUT2D eigenvalue weighted by Gasteiger charge is 2.25. The molecule has 1 fully saturated rings. The van der Waals surface area contributed by atoms with Gasteiger partial charge in [-0.05, 0) is 39.3 Å². The van der Waals surface area contributed by atoms with Gasteiger partial charge in [-0.15, -0.1) is 0 Å². The van der Waals surface area contributed by atoms with E-state index in [9.17, 15) is 0 Å². The van der Waals surface area contributed by atoms with Gasteiger partial charge in [0.15, 0.2) is 0 Å². The topological polar surface area (TPSA) is 29.3 Å². The Balaban J connectivity index is 2.36. The van der Waals surface area contributed by atoms with E-state index in [1.807, 2.05) is 0 Å². The lowest BCUT2D eigenvalue weighted by molar-refractivity contribution is 0.241. The molecule has 1 aliphatic heterocycles. The highest BCUT2D eigenvalue weighted by Crippen LogP contribution is 2.24. The van der Waals surface area contributed by atoms with Crippen LogP contribution in [0.5, 0.6) is 0 Å². The van der Waals surface area contributed by atoms with E-state index < -0.39 is 0 Å². The second-order valence-electron chi connectivity index (χ2n) is 5.03. The van der Waals surface area contributed by atoms with E-state index in [0.717, 1.165) is 19.0 Å². The zero-order valence-electron chi connectivity index (χ0n) is 9.55.